The van der Waals surface area contributed by atoms with Gasteiger partial charge in [-0.1, -0.05) is 6.58 Å². The van der Waals surface area contributed by atoms with Crippen molar-refractivity contribution in [1.82, 2.24) is 5.01 Å². The molecular formula is C5H9N3. The second-order valence-corrected chi connectivity index (χ2v) is 1.16. The molecule has 0 aliphatic heterocycles. The fourth-order valence-electron chi connectivity index (χ4n) is 0.180. The lowest BCUT2D eigenvalue weighted by Gasteiger charge is -1.99. The minimum Gasteiger partial charge on any atom is -0.258 e. The maximum absolute atomic E-state index is 3.67. The molecule has 8 heavy (non-hydrogen) atoms. The molecule has 0 spiro atoms. The largest absolute Gasteiger partial charge is 0.258 e. The van der Waals surface area contributed by atoms with E-state index in [-0.39, 0.29) is 0 Å². The summed E-state index contributed by atoms with van der Waals surface area (Å²) in [4.78, 5) is 3.67. The zero-order valence-electron chi connectivity index (χ0n) is 4.91. The minimum atomic E-state index is 1.43. The van der Waals surface area contributed by atoms with Crippen molar-refractivity contribution < 1.29 is 0 Å². The molecular weight excluding hydrogens is 102 g/mol. The molecule has 3 nitrogen and oxygen atoms in total. The zero-order chi connectivity index (χ0) is 6.41. The van der Waals surface area contributed by atoms with Gasteiger partial charge in [-0.3, -0.25) is 5.01 Å². The van der Waals surface area contributed by atoms with Gasteiger partial charge >= 0.3 is 0 Å². The monoisotopic (exact) mass is 111 g/mol. The van der Waals surface area contributed by atoms with Crippen molar-refractivity contribution in [1.29, 1.82) is 0 Å². The summed E-state index contributed by atoms with van der Waals surface area (Å²) in [5.74, 6) is 0. The summed E-state index contributed by atoms with van der Waals surface area (Å²) in [7, 11) is 1.74. The summed E-state index contributed by atoms with van der Waals surface area (Å²) in [6, 6.07) is 0. The molecule has 0 bridgehead atoms. The lowest BCUT2D eigenvalue weighted by molar-refractivity contribution is 0.567. The van der Waals surface area contributed by atoms with Crippen molar-refractivity contribution >= 4 is 13.1 Å². The van der Waals surface area contributed by atoms with Gasteiger partial charge in [0.05, 0.1) is 0 Å². The average molecular weight is 111 g/mol. The molecule has 0 aromatic carbocycles. The van der Waals surface area contributed by atoms with Crippen LogP contribution in [0.3, 0.4) is 0 Å². The second kappa shape index (κ2) is 4.05. The maximum atomic E-state index is 3.67. The van der Waals surface area contributed by atoms with Gasteiger partial charge in [-0.15, -0.1) is 0 Å². The van der Waals surface area contributed by atoms with Crippen LogP contribution in [0.25, 0.3) is 0 Å². The van der Waals surface area contributed by atoms with E-state index in [1.165, 1.54) is 17.5 Å². The van der Waals surface area contributed by atoms with E-state index in [2.05, 4.69) is 23.4 Å². The summed E-state index contributed by atoms with van der Waals surface area (Å²) in [5.41, 5.74) is 0. The zero-order valence-corrected chi connectivity index (χ0v) is 4.91. The van der Waals surface area contributed by atoms with Crippen LogP contribution in [0.4, 0.5) is 0 Å². The van der Waals surface area contributed by atoms with E-state index in [1.807, 2.05) is 0 Å². The average Bonchev–Trinajstić information content (AvgIpc) is 1.83. The Morgan fingerprint density at radius 3 is 2.62 bits per heavy atom. The number of aliphatic imine (C=N–C) groups is 1. The van der Waals surface area contributed by atoms with Crippen LogP contribution in [0.5, 0.6) is 0 Å². The van der Waals surface area contributed by atoms with E-state index in [1.54, 1.807) is 7.05 Å². The van der Waals surface area contributed by atoms with Crippen molar-refractivity contribution in [3.05, 3.63) is 12.8 Å². The second-order valence-electron chi connectivity index (χ2n) is 1.16. The summed E-state index contributed by atoms with van der Waals surface area (Å²) >= 11 is 0. The van der Waals surface area contributed by atoms with Crippen LogP contribution in [0, 0.1) is 0 Å². The Balaban J connectivity index is 3.50. The molecule has 0 aromatic heterocycles. The van der Waals surface area contributed by atoms with Crippen LogP contribution in [0.1, 0.15) is 0 Å². The van der Waals surface area contributed by atoms with Gasteiger partial charge in [0.15, 0.2) is 0 Å². The van der Waals surface area contributed by atoms with Gasteiger partial charge in [-0.25, -0.2) is 4.99 Å². The Labute approximate surface area is 49.0 Å². The van der Waals surface area contributed by atoms with Crippen molar-refractivity contribution in [3.63, 3.8) is 0 Å². The molecule has 0 unspecified atom stereocenters. The summed E-state index contributed by atoms with van der Waals surface area (Å²) in [5, 5.41) is 5.00. The topological polar surface area (TPSA) is 28.0 Å². The molecule has 3 heteroatoms. The molecule has 0 radical (unpaired) electrons. The van der Waals surface area contributed by atoms with Crippen molar-refractivity contribution in [2.24, 2.45) is 10.1 Å². The summed E-state index contributed by atoms with van der Waals surface area (Å²) in [6.07, 6.45) is 2.95. The number of hydrogen-bond acceptors (Lipinski definition) is 2. The smallest absolute Gasteiger partial charge is 0.111 e. The highest BCUT2D eigenvalue weighted by Gasteiger charge is 1.74. The van der Waals surface area contributed by atoms with Gasteiger partial charge < -0.3 is 0 Å². The van der Waals surface area contributed by atoms with Crippen LogP contribution in [0.15, 0.2) is 22.9 Å². The molecule has 0 saturated heterocycles. The summed E-state index contributed by atoms with van der Waals surface area (Å²) in [6.45, 7) is 6.64. The van der Waals surface area contributed by atoms with E-state index in [0.29, 0.717) is 0 Å². The highest BCUT2D eigenvalue weighted by molar-refractivity contribution is 5.55. The Morgan fingerprint density at radius 1 is 1.62 bits per heavy atom. The predicted molar refractivity (Wildman–Crippen MR) is 36.0 cm³/mol. The van der Waals surface area contributed by atoms with E-state index in [4.69, 9.17) is 0 Å². The molecule has 0 heterocycles. The van der Waals surface area contributed by atoms with Crippen LogP contribution >= 0.6 is 0 Å². The molecule has 0 atom stereocenters. The SMILES string of the molecule is C=CN=CN(C)N=C. The van der Waals surface area contributed by atoms with Crippen LogP contribution < -0.4 is 0 Å². The van der Waals surface area contributed by atoms with E-state index in [9.17, 15) is 0 Å². The normalized spacial score (nSPS) is 9.12. The Kier molecular flexibility index (Phi) is 3.48. The first-order valence-electron chi connectivity index (χ1n) is 2.15. The molecule has 0 amide bonds. The van der Waals surface area contributed by atoms with Crippen LogP contribution in [-0.2, 0) is 0 Å². The van der Waals surface area contributed by atoms with E-state index < -0.39 is 0 Å². The molecule has 0 aromatic rings. The minimum absolute atomic E-state index is 1.43. The van der Waals surface area contributed by atoms with Gasteiger partial charge in [-0.2, -0.15) is 5.10 Å². The molecule has 0 saturated carbocycles. The highest BCUT2D eigenvalue weighted by Crippen LogP contribution is 1.73. The highest BCUT2D eigenvalue weighted by atomic mass is 15.4. The third-order valence-electron chi connectivity index (χ3n) is 0.562. The molecule has 0 rings (SSSR count). The Bertz CT molecular complexity index is 106. The van der Waals surface area contributed by atoms with Crippen molar-refractivity contribution in [2.75, 3.05) is 7.05 Å². The first kappa shape index (κ1) is 6.88. The lowest BCUT2D eigenvalue weighted by atomic mass is 11.0. The Morgan fingerprint density at radius 2 is 2.25 bits per heavy atom. The van der Waals surface area contributed by atoms with E-state index in [0.717, 1.165) is 0 Å². The molecule has 0 aliphatic carbocycles. The third kappa shape index (κ3) is 3.08. The quantitative estimate of drug-likeness (QED) is 0.299. The lowest BCUT2D eigenvalue weighted by Crippen LogP contribution is -2.05. The first-order chi connectivity index (χ1) is 3.81. The molecule has 44 valence electrons. The summed E-state index contributed by atoms with van der Waals surface area (Å²) < 4.78 is 0. The van der Waals surface area contributed by atoms with Crippen molar-refractivity contribution in [2.45, 2.75) is 0 Å². The number of rotatable bonds is 3. The third-order valence-corrected chi connectivity index (χ3v) is 0.562. The standard InChI is InChI=1S/C5H9N3/c1-4-7-5-8(3)6-2/h4-5H,1-2H2,3H3. The molecule has 0 N–H and O–H groups in total. The van der Waals surface area contributed by atoms with Gasteiger partial charge in [0.1, 0.15) is 6.34 Å². The van der Waals surface area contributed by atoms with Gasteiger partial charge in [0.2, 0.25) is 0 Å². The fraction of sp³-hybridized carbons (Fsp3) is 0.200. The van der Waals surface area contributed by atoms with Gasteiger partial charge in [-0.05, 0) is 0 Å². The molecule has 0 fully saturated rings. The number of hydrogen-bond donors (Lipinski definition) is 0. The number of hydrazone groups is 1. The van der Waals surface area contributed by atoms with Gasteiger partial charge in [0, 0.05) is 20.0 Å². The Hall–Kier alpha value is -1.12. The first-order valence-corrected chi connectivity index (χ1v) is 2.15. The fourth-order valence-corrected chi connectivity index (χ4v) is 0.180. The molecule has 0 aliphatic rings. The van der Waals surface area contributed by atoms with Crippen LogP contribution in [0.2, 0.25) is 0 Å². The van der Waals surface area contributed by atoms with Crippen LogP contribution in [-0.4, -0.2) is 25.1 Å². The number of nitrogens with zero attached hydrogens (tertiary/aromatic N) is 3. The van der Waals surface area contributed by atoms with E-state index >= 15 is 0 Å². The van der Waals surface area contributed by atoms with Crippen molar-refractivity contribution in [3.8, 4) is 0 Å². The van der Waals surface area contributed by atoms with Gasteiger partial charge in [0.25, 0.3) is 0 Å². The predicted octanol–water partition coefficient (Wildman–Crippen LogP) is 0.706. The maximum Gasteiger partial charge on any atom is 0.111 e.